The predicted octanol–water partition coefficient (Wildman–Crippen LogP) is 4.24. The van der Waals surface area contributed by atoms with E-state index in [0.717, 1.165) is 30.7 Å². The molecular formula is C27H31F2N7O2. The maximum absolute atomic E-state index is 15.2. The molecule has 0 saturated heterocycles. The number of halogens is 2. The Hall–Kier alpha value is -3.96. The smallest absolute Gasteiger partial charge is 0.228 e. The Balaban J connectivity index is 1.53. The molecule has 0 spiro atoms. The zero-order valence-corrected chi connectivity index (χ0v) is 21.9. The average molecular weight is 524 g/mol. The summed E-state index contributed by atoms with van der Waals surface area (Å²) in [6, 6.07) is 8.06. The van der Waals surface area contributed by atoms with Gasteiger partial charge in [0.25, 0.3) is 0 Å². The fourth-order valence-corrected chi connectivity index (χ4v) is 4.75. The Labute approximate surface area is 219 Å². The molecule has 3 N–H and O–H groups in total. The van der Waals surface area contributed by atoms with Crippen LogP contribution < -0.4 is 20.7 Å². The third-order valence-electron chi connectivity index (χ3n) is 6.70. The maximum Gasteiger partial charge on any atom is 0.228 e. The van der Waals surface area contributed by atoms with Gasteiger partial charge in [0.15, 0.2) is 5.82 Å². The number of nitrogens with two attached hydrogens (primary N) is 1. The molecule has 200 valence electrons. The van der Waals surface area contributed by atoms with Crippen molar-refractivity contribution in [1.29, 1.82) is 0 Å². The van der Waals surface area contributed by atoms with Gasteiger partial charge in [0.2, 0.25) is 5.95 Å². The van der Waals surface area contributed by atoms with E-state index >= 15 is 4.39 Å². The van der Waals surface area contributed by atoms with E-state index in [2.05, 4.69) is 25.1 Å². The second-order valence-corrected chi connectivity index (χ2v) is 9.54. The quantitative estimate of drug-likeness (QED) is 0.332. The van der Waals surface area contributed by atoms with Crippen molar-refractivity contribution in [1.82, 2.24) is 19.4 Å². The van der Waals surface area contributed by atoms with Crippen LogP contribution in [0.25, 0.3) is 22.2 Å². The van der Waals surface area contributed by atoms with E-state index < -0.39 is 5.82 Å². The van der Waals surface area contributed by atoms with E-state index in [0.29, 0.717) is 46.7 Å². The molecule has 0 bridgehead atoms. The molecule has 5 rings (SSSR count). The summed E-state index contributed by atoms with van der Waals surface area (Å²) in [5.74, 6) is -0.248. The molecule has 0 saturated carbocycles. The van der Waals surface area contributed by atoms with Crippen LogP contribution in [0.15, 0.2) is 36.5 Å². The van der Waals surface area contributed by atoms with Crippen molar-refractivity contribution < 1.29 is 18.3 Å². The first-order chi connectivity index (χ1) is 18.3. The molecule has 0 aliphatic carbocycles. The van der Waals surface area contributed by atoms with Gasteiger partial charge in [0.1, 0.15) is 17.3 Å². The number of fused-ring (bicyclic) bond motifs is 3. The van der Waals surface area contributed by atoms with Gasteiger partial charge in [-0.25, -0.2) is 18.7 Å². The van der Waals surface area contributed by atoms with Crippen molar-refractivity contribution in [2.75, 3.05) is 63.9 Å². The van der Waals surface area contributed by atoms with Gasteiger partial charge in [0, 0.05) is 43.7 Å². The summed E-state index contributed by atoms with van der Waals surface area (Å²) >= 11 is 0. The second kappa shape index (κ2) is 10.4. The first kappa shape index (κ1) is 25.7. The molecule has 11 heteroatoms. The minimum absolute atomic E-state index is 0.102. The normalized spacial score (nSPS) is 13.1. The van der Waals surface area contributed by atoms with Crippen molar-refractivity contribution in [2.24, 2.45) is 0 Å². The lowest BCUT2D eigenvalue weighted by Gasteiger charge is -2.24. The summed E-state index contributed by atoms with van der Waals surface area (Å²) in [5.41, 5.74) is 10.4. The van der Waals surface area contributed by atoms with E-state index in [1.807, 2.05) is 31.8 Å². The van der Waals surface area contributed by atoms with Crippen LogP contribution in [-0.4, -0.2) is 67.4 Å². The van der Waals surface area contributed by atoms with Gasteiger partial charge in [0.05, 0.1) is 54.8 Å². The summed E-state index contributed by atoms with van der Waals surface area (Å²) in [7, 11) is 7.56. The highest BCUT2D eigenvalue weighted by atomic mass is 19.1. The molecule has 4 aromatic rings. The Morgan fingerprint density at radius 1 is 1.16 bits per heavy atom. The van der Waals surface area contributed by atoms with E-state index in [4.69, 9.17) is 15.2 Å². The zero-order valence-electron chi connectivity index (χ0n) is 21.9. The Bertz CT molecular complexity index is 1490. The number of methoxy groups -OCH3 is 1. The summed E-state index contributed by atoms with van der Waals surface area (Å²) < 4.78 is 42.5. The third kappa shape index (κ3) is 4.82. The molecule has 1 aliphatic rings. The molecule has 0 radical (unpaired) electrons. The number of benzene rings is 2. The lowest BCUT2D eigenvalue weighted by molar-refractivity contribution is 0.0869. The van der Waals surface area contributed by atoms with Crippen LogP contribution in [0, 0.1) is 11.6 Å². The molecule has 0 amide bonds. The van der Waals surface area contributed by atoms with Crippen LogP contribution in [0.4, 0.5) is 31.8 Å². The van der Waals surface area contributed by atoms with Crippen LogP contribution in [0.2, 0.25) is 0 Å². The molecular weight excluding hydrogens is 492 g/mol. The van der Waals surface area contributed by atoms with Crippen LogP contribution in [0.5, 0.6) is 5.75 Å². The highest BCUT2D eigenvalue weighted by molar-refractivity contribution is 5.97. The first-order valence-electron chi connectivity index (χ1n) is 12.3. The number of hydrogen-bond donors (Lipinski definition) is 2. The largest absolute Gasteiger partial charge is 0.494 e. The summed E-state index contributed by atoms with van der Waals surface area (Å²) in [4.78, 5) is 12.8. The lowest BCUT2D eigenvalue weighted by atomic mass is 10.1. The Kier molecular flexibility index (Phi) is 7.04. The monoisotopic (exact) mass is 523 g/mol. The van der Waals surface area contributed by atoms with Gasteiger partial charge in [-0.15, -0.1) is 0 Å². The number of nitrogen functional groups attached to an aromatic ring is 1. The molecule has 2 aromatic carbocycles. The van der Waals surface area contributed by atoms with Crippen LogP contribution in [-0.2, 0) is 17.9 Å². The molecule has 9 nitrogen and oxygen atoms in total. The number of nitrogens with one attached hydrogen (secondary N) is 1. The van der Waals surface area contributed by atoms with Gasteiger partial charge in [-0.05, 0) is 38.4 Å². The van der Waals surface area contributed by atoms with Crippen LogP contribution in [0.3, 0.4) is 0 Å². The number of rotatable bonds is 8. The minimum Gasteiger partial charge on any atom is -0.494 e. The lowest BCUT2D eigenvalue weighted by Crippen LogP contribution is -2.29. The first-order valence-corrected chi connectivity index (χ1v) is 12.3. The number of likely N-dealkylation sites (N-methyl/N-ethyl adjacent to an activating group) is 2. The maximum atomic E-state index is 15.2. The van der Waals surface area contributed by atoms with Crippen molar-refractivity contribution in [3.8, 4) is 17.0 Å². The summed E-state index contributed by atoms with van der Waals surface area (Å²) in [6.45, 7) is 2.94. The second-order valence-electron chi connectivity index (χ2n) is 9.54. The van der Waals surface area contributed by atoms with Crippen molar-refractivity contribution in [3.63, 3.8) is 0 Å². The van der Waals surface area contributed by atoms with E-state index in [1.54, 1.807) is 19.2 Å². The highest BCUT2D eigenvalue weighted by Gasteiger charge is 2.25. The molecule has 0 atom stereocenters. The summed E-state index contributed by atoms with van der Waals surface area (Å²) in [5, 5.41) is 3.83. The van der Waals surface area contributed by atoms with Crippen molar-refractivity contribution in [2.45, 2.75) is 13.2 Å². The molecule has 0 fully saturated rings. The Morgan fingerprint density at radius 2 is 1.97 bits per heavy atom. The standard InChI is InChI=1S/C27H31F2N7O2/c1-34(2)7-8-35(3)22-13-24(37-4)20(12-19(22)30)32-27-31-14-18(29)26(33-27)25-17-6-5-16(28)11-21(17)36-9-10-38-15-23(25)36/h5-6,11-14H,7-10,15,30H2,1-4H3,(H,31,32,33). The van der Waals surface area contributed by atoms with Crippen LogP contribution >= 0.6 is 0 Å². The van der Waals surface area contributed by atoms with Crippen LogP contribution in [0.1, 0.15) is 5.69 Å². The van der Waals surface area contributed by atoms with Gasteiger partial charge >= 0.3 is 0 Å². The third-order valence-corrected chi connectivity index (χ3v) is 6.70. The topological polar surface area (TPSA) is 93.7 Å². The van der Waals surface area contributed by atoms with Gasteiger partial charge in [-0.2, -0.15) is 0 Å². The molecule has 2 aromatic heterocycles. The van der Waals surface area contributed by atoms with Gasteiger partial charge in [-0.1, -0.05) is 0 Å². The van der Waals surface area contributed by atoms with Crippen molar-refractivity contribution in [3.05, 3.63) is 53.9 Å². The minimum atomic E-state index is -0.593. The fraction of sp³-hybridized carbons (Fsp3) is 0.333. The number of aromatic nitrogens is 3. The number of ether oxygens (including phenoxy) is 2. The molecule has 3 heterocycles. The van der Waals surface area contributed by atoms with Gasteiger partial charge < -0.3 is 34.9 Å². The van der Waals surface area contributed by atoms with E-state index in [9.17, 15) is 4.39 Å². The fourth-order valence-electron chi connectivity index (χ4n) is 4.75. The van der Waals surface area contributed by atoms with E-state index in [-0.39, 0.29) is 24.1 Å². The van der Waals surface area contributed by atoms with Crippen molar-refractivity contribution >= 4 is 33.9 Å². The van der Waals surface area contributed by atoms with E-state index in [1.165, 1.54) is 12.1 Å². The highest BCUT2D eigenvalue weighted by Crippen LogP contribution is 2.39. The SMILES string of the molecule is COc1cc(N(C)CCN(C)C)c(N)cc1Nc1ncc(F)c(-c2c3n(c4cc(F)ccc24)CCOC3)n1. The average Bonchev–Trinajstić information content (AvgIpc) is 3.22. The Morgan fingerprint density at radius 3 is 2.74 bits per heavy atom. The number of anilines is 4. The van der Waals surface area contributed by atoms with Gasteiger partial charge in [-0.3, -0.25) is 0 Å². The summed E-state index contributed by atoms with van der Waals surface area (Å²) in [6.07, 6.45) is 1.12. The number of hydrogen-bond acceptors (Lipinski definition) is 8. The molecule has 0 unspecified atom stereocenters. The number of nitrogens with zero attached hydrogens (tertiary/aromatic N) is 5. The zero-order chi connectivity index (χ0) is 27.0. The predicted molar refractivity (Wildman–Crippen MR) is 145 cm³/mol. The molecule has 38 heavy (non-hydrogen) atoms. The molecule has 1 aliphatic heterocycles.